The van der Waals surface area contributed by atoms with Gasteiger partial charge in [0.2, 0.25) is 0 Å². The van der Waals surface area contributed by atoms with Crippen LogP contribution in [0.15, 0.2) is 75.5 Å². The number of methoxy groups -OCH3 is 1. The Bertz CT molecular complexity index is 1260. The van der Waals surface area contributed by atoms with Crippen LogP contribution in [0.25, 0.3) is 16.8 Å². The van der Waals surface area contributed by atoms with Crippen LogP contribution < -0.4 is 10.3 Å². The van der Waals surface area contributed by atoms with Crippen molar-refractivity contribution in [2.75, 3.05) is 7.11 Å². The van der Waals surface area contributed by atoms with Crippen molar-refractivity contribution in [3.05, 3.63) is 76.8 Å². The van der Waals surface area contributed by atoms with Crippen LogP contribution in [-0.4, -0.2) is 32.8 Å². The van der Waals surface area contributed by atoms with Crippen molar-refractivity contribution in [2.45, 2.75) is 22.6 Å². The zero-order chi connectivity index (χ0) is 21.1. The van der Waals surface area contributed by atoms with E-state index in [-0.39, 0.29) is 18.4 Å². The summed E-state index contributed by atoms with van der Waals surface area (Å²) in [4.78, 5) is 29.9. The second kappa shape index (κ2) is 8.46. The van der Waals surface area contributed by atoms with E-state index in [0.29, 0.717) is 11.2 Å². The number of H-pyrrole nitrogens is 1. The SMILES string of the molecule is COc1cc(-c2c[nH]n3c(=O)c(CCC(=O)O)cnc23)ccc1Sc1ccccc1. The number of rotatable bonds is 7. The number of carboxylic acid groups (broad SMARTS) is 1. The first-order valence-corrected chi connectivity index (χ1v) is 10.1. The zero-order valence-electron chi connectivity index (χ0n) is 16.2. The second-order valence-corrected chi connectivity index (χ2v) is 7.72. The van der Waals surface area contributed by atoms with Gasteiger partial charge < -0.3 is 9.84 Å². The normalized spacial score (nSPS) is 11.0. The Hall–Kier alpha value is -3.52. The van der Waals surface area contributed by atoms with Gasteiger partial charge in [-0.15, -0.1) is 0 Å². The smallest absolute Gasteiger partial charge is 0.303 e. The molecule has 0 fully saturated rings. The third kappa shape index (κ3) is 3.95. The van der Waals surface area contributed by atoms with Crippen LogP contribution in [0, 0.1) is 0 Å². The van der Waals surface area contributed by atoms with Crippen LogP contribution in [0.1, 0.15) is 12.0 Å². The summed E-state index contributed by atoms with van der Waals surface area (Å²) < 4.78 is 6.93. The molecule has 0 amide bonds. The first-order chi connectivity index (χ1) is 14.6. The van der Waals surface area contributed by atoms with Crippen molar-refractivity contribution in [3.8, 4) is 16.9 Å². The third-order valence-corrected chi connectivity index (χ3v) is 5.73. The van der Waals surface area contributed by atoms with E-state index in [0.717, 1.165) is 26.7 Å². The van der Waals surface area contributed by atoms with E-state index in [2.05, 4.69) is 10.1 Å². The lowest BCUT2D eigenvalue weighted by Crippen LogP contribution is -2.20. The van der Waals surface area contributed by atoms with E-state index in [9.17, 15) is 9.59 Å². The quantitative estimate of drug-likeness (QED) is 0.470. The molecule has 152 valence electrons. The summed E-state index contributed by atoms with van der Waals surface area (Å²) in [7, 11) is 1.63. The molecular formula is C22H19N3O4S. The lowest BCUT2D eigenvalue weighted by Gasteiger charge is -2.10. The summed E-state index contributed by atoms with van der Waals surface area (Å²) in [5.41, 5.74) is 2.15. The lowest BCUT2D eigenvalue weighted by atomic mass is 10.1. The van der Waals surface area contributed by atoms with Crippen LogP contribution in [0.4, 0.5) is 0 Å². The molecule has 0 aliphatic rings. The molecule has 0 aliphatic carbocycles. The molecule has 0 radical (unpaired) electrons. The molecule has 0 saturated heterocycles. The molecular weight excluding hydrogens is 402 g/mol. The number of benzene rings is 2. The van der Waals surface area contributed by atoms with Crippen LogP contribution in [0.2, 0.25) is 0 Å². The van der Waals surface area contributed by atoms with Gasteiger partial charge in [-0.2, -0.15) is 0 Å². The van der Waals surface area contributed by atoms with Gasteiger partial charge in [-0.1, -0.05) is 36.0 Å². The van der Waals surface area contributed by atoms with Crippen molar-refractivity contribution < 1.29 is 14.6 Å². The average Bonchev–Trinajstić information content (AvgIpc) is 3.19. The minimum Gasteiger partial charge on any atom is -0.496 e. The summed E-state index contributed by atoms with van der Waals surface area (Å²) in [6.45, 7) is 0. The highest BCUT2D eigenvalue weighted by Crippen LogP contribution is 2.37. The number of carboxylic acids is 1. The Morgan fingerprint density at radius 1 is 1.23 bits per heavy atom. The highest BCUT2D eigenvalue weighted by molar-refractivity contribution is 7.99. The summed E-state index contributed by atoms with van der Waals surface area (Å²) >= 11 is 1.61. The molecule has 30 heavy (non-hydrogen) atoms. The number of aromatic amines is 1. The molecule has 2 heterocycles. The highest BCUT2D eigenvalue weighted by Gasteiger charge is 2.15. The number of aromatic nitrogens is 3. The molecule has 2 aromatic heterocycles. The molecule has 4 aromatic rings. The molecule has 4 rings (SSSR count). The number of aryl methyl sites for hydroxylation is 1. The van der Waals surface area contributed by atoms with Gasteiger partial charge >= 0.3 is 5.97 Å². The average molecular weight is 421 g/mol. The van der Waals surface area contributed by atoms with Crippen molar-refractivity contribution in [1.82, 2.24) is 14.6 Å². The number of hydrogen-bond donors (Lipinski definition) is 2. The van der Waals surface area contributed by atoms with Gasteiger partial charge in [0, 0.05) is 34.8 Å². The maximum absolute atomic E-state index is 12.6. The van der Waals surface area contributed by atoms with Crippen molar-refractivity contribution in [1.29, 1.82) is 0 Å². The minimum absolute atomic E-state index is 0.117. The maximum atomic E-state index is 12.6. The predicted octanol–water partition coefficient (Wildman–Crippen LogP) is 3.87. The number of hydrogen-bond acceptors (Lipinski definition) is 5. The van der Waals surface area contributed by atoms with Crippen LogP contribution in [0.3, 0.4) is 0 Å². The Balaban J connectivity index is 1.69. The molecule has 0 aliphatic heterocycles. The molecule has 0 unspecified atom stereocenters. The fourth-order valence-electron chi connectivity index (χ4n) is 3.16. The topological polar surface area (TPSA) is 96.7 Å². The monoisotopic (exact) mass is 421 g/mol. The number of ether oxygens (including phenoxy) is 1. The molecule has 2 aromatic carbocycles. The number of carbonyl (C=O) groups is 1. The van der Waals surface area contributed by atoms with Crippen molar-refractivity contribution in [3.63, 3.8) is 0 Å². The summed E-state index contributed by atoms with van der Waals surface area (Å²) in [5.74, 6) is -0.228. The van der Waals surface area contributed by atoms with Gasteiger partial charge in [-0.25, -0.2) is 9.50 Å². The van der Waals surface area contributed by atoms with E-state index < -0.39 is 5.97 Å². The molecule has 0 saturated carbocycles. The van der Waals surface area contributed by atoms with Gasteiger partial charge in [0.15, 0.2) is 5.65 Å². The van der Waals surface area contributed by atoms with E-state index in [4.69, 9.17) is 9.84 Å². The van der Waals surface area contributed by atoms with Crippen LogP contribution in [-0.2, 0) is 11.2 Å². The molecule has 8 heteroatoms. The number of nitrogens with zero attached hydrogens (tertiary/aromatic N) is 2. The predicted molar refractivity (Wildman–Crippen MR) is 114 cm³/mol. The van der Waals surface area contributed by atoms with E-state index in [1.54, 1.807) is 25.1 Å². The van der Waals surface area contributed by atoms with Gasteiger partial charge in [-0.3, -0.25) is 14.7 Å². The van der Waals surface area contributed by atoms with Gasteiger partial charge in [0.05, 0.1) is 12.0 Å². The first kappa shape index (κ1) is 19.8. The largest absolute Gasteiger partial charge is 0.496 e. The number of aliphatic carboxylic acids is 1. The summed E-state index contributed by atoms with van der Waals surface area (Å²) in [5, 5.41) is 11.8. The maximum Gasteiger partial charge on any atom is 0.303 e. The fourth-order valence-corrected chi connectivity index (χ4v) is 4.08. The zero-order valence-corrected chi connectivity index (χ0v) is 17.0. The van der Waals surface area contributed by atoms with Crippen molar-refractivity contribution in [2.24, 2.45) is 0 Å². The Labute approximate surface area is 176 Å². The minimum atomic E-state index is -0.952. The van der Waals surface area contributed by atoms with Crippen LogP contribution in [0.5, 0.6) is 5.75 Å². The Morgan fingerprint density at radius 2 is 2.03 bits per heavy atom. The van der Waals surface area contributed by atoms with Crippen molar-refractivity contribution >= 4 is 23.4 Å². The van der Waals surface area contributed by atoms with Gasteiger partial charge in [-0.05, 0) is 36.2 Å². The summed E-state index contributed by atoms with van der Waals surface area (Å²) in [6.07, 6.45) is 3.18. The molecule has 0 spiro atoms. The molecule has 7 nitrogen and oxygen atoms in total. The van der Waals surface area contributed by atoms with E-state index in [1.807, 2.05) is 48.5 Å². The van der Waals surface area contributed by atoms with Crippen LogP contribution >= 0.6 is 11.8 Å². The third-order valence-electron chi connectivity index (χ3n) is 4.67. The highest BCUT2D eigenvalue weighted by atomic mass is 32.2. The fraction of sp³-hybridized carbons (Fsp3) is 0.136. The first-order valence-electron chi connectivity index (χ1n) is 9.28. The Kier molecular flexibility index (Phi) is 5.58. The van der Waals surface area contributed by atoms with E-state index >= 15 is 0 Å². The lowest BCUT2D eigenvalue weighted by molar-refractivity contribution is -0.136. The molecule has 2 N–H and O–H groups in total. The Morgan fingerprint density at radius 3 is 2.77 bits per heavy atom. The van der Waals surface area contributed by atoms with Gasteiger partial charge in [0.25, 0.3) is 5.56 Å². The number of nitrogens with one attached hydrogen (secondary N) is 1. The molecule has 0 atom stereocenters. The van der Waals surface area contributed by atoms with E-state index in [1.165, 1.54) is 10.7 Å². The number of fused-ring (bicyclic) bond motifs is 1. The van der Waals surface area contributed by atoms with Gasteiger partial charge in [0.1, 0.15) is 5.75 Å². The summed E-state index contributed by atoms with van der Waals surface area (Å²) in [6, 6.07) is 15.9. The molecule has 0 bridgehead atoms. The second-order valence-electron chi connectivity index (χ2n) is 6.61. The standard InChI is InChI=1S/C22H19N3O4S/c1-29-18-11-14(7-9-19(18)30-16-5-3-2-4-6-16)17-13-24-25-21(17)23-12-15(22(25)28)8-10-20(26)27/h2-7,9,11-13,24H,8,10H2,1H3,(H,26,27).